The van der Waals surface area contributed by atoms with Crippen molar-refractivity contribution in [3.8, 4) is 0 Å². The summed E-state index contributed by atoms with van der Waals surface area (Å²) in [5.41, 5.74) is 1.97. The molecule has 0 bridgehead atoms. The molecule has 0 radical (unpaired) electrons. The zero-order chi connectivity index (χ0) is 23.8. The van der Waals surface area contributed by atoms with Crippen molar-refractivity contribution >= 4 is 22.0 Å². The van der Waals surface area contributed by atoms with Crippen LogP contribution in [0.3, 0.4) is 0 Å². The van der Waals surface area contributed by atoms with E-state index in [9.17, 15) is 18.0 Å². The number of nitrogens with zero attached hydrogens (tertiary/aromatic N) is 2. The van der Waals surface area contributed by atoms with E-state index in [0.717, 1.165) is 17.5 Å². The average molecular weight is 474 g/mol. The van der Waals surface area contributed by atoms with E-state index in [-0.39, 0.29) is 50.1 Å². The van der Waals surface area contributed by atoms with Crippen LogP contribution in [-0.2, 0) is 26.2 Å². The number of carbonyl (C=O) groups excluding carboxylic acids is 2. The number of sulfonamides is 1. The number of alkyl carbamates (subject to hydrolysis) is 1. The highest BCUT2D eigenvalue weighted by molar-refractivity contribution is 7.89. The van der Waals surface area contributed by atoms with E-state index >= 15 is 0 Å². The van der Waals surface area contributed by atoms with Gasteiger partial charge in [0, 0.05) is 26.2 Å². The van der Waals surface area contributed by atoms with Crippen LogP contribution < -0.4 is 5.32 Å². The van der Waals surface area contributed by atoms with Gasteiger partial charge in [-0.25, -0.2) is 13.2 Å². The second-order valence-corrected chi connectivity index (χ2v) is 10.0. The monoisotopic (exact) mass is 473 g/mol. The highest BCUT2D eigenvalue weighted by Gasteiger charge is 2.30. The molecule has 1 atom stereocenters. The van der Waals surface area contributed by atoms with Crippen LogP contribution in [0.25, 0.3) is 0 Å². The van der Waals surface area contributed by atoms with Gasteiger partial charge < -0.3 is 15.0 Å². The van der Waals surface area contributed by atoms with Crippen LogP contribution in [0.1, 0.15) is 37.3 Å². The Balaban J connectivity index is 1.45. The first-order chi connectivity index (χ1) is 15.8. The van der Waals surface area contributed by atoms with Crippen molar-refractivity contribution in [2.24, 2.45) is 0 Å². The van der Waals surface area contributed by atoms with Gasteiger partial charge >= 0.3 is 6.09 Å². The smallest absolute Gasteiger partial charge is 0.407 e. The molecule has 1 heterocycles. The molecule has 2 amide bonds. The summed E-state index contributed by atoms with van der Waals surface area (Å²) in [6.07, 6.45) is 0.316. The van der Waals surface area contributed by atoms with Crippen LogP contribution in [-0.4, -0.2) is 62.3 Å². The summed E-state index contributed by atoms with van der Waals surface area (Å²) < 4.78 is 32.4. The number of hydrogen-bond donors (Lipinski definition) is 1. The molecule has 0 saturated carbocycles. The van der Waals surface area contributed by atoms with Gasteiger partial charge in [-0.3, -0.25) is 4.79 Å². The number of carbonyl (C=O) groups is 2. The normalized spacial score (nSPS) is 15.6. The van der Waals surface area contributed by atoms with Crippen molar-refractivity contribution in [3.05, 3.63) is 65.7 Å². The van der Waals surface area contributed by atoms with E-state index in [2.05, 4.69) is 19.2 Å². The second-order valence-electron chi connectivity index (χ2n) is 8.08. The van der Waals surface area contributed by atoms with Gasteiger partial charge in [0.2, 0.25) is 15.9 Å². The largest absolute Gasteiger partial charge is 0.445 e. The fourth-order valence-corrected chi connectivity index (χ4v) is 4.99. The summed E-state index contributed by atoms with van der Waals surface area (Å²) in [7, 11) is -3.61. The van der Waals surface area contributed by atoms with Crippen LogP contribution in [0.4, 0.5) is 4.79 Å². The van der Waals surface area contributed by atoms with Crippen molar-refractivity contribution < 1.29 is 22.7 Å². The lowest BCUT2D eigenvalue weighted by atomic mass is 9.99. The number of benzene rings is 2. The quantitative estimate of drug-likeness (QED) is 0.636. The fraction of sp³-hybridized carbons (Fsp3) is 0.417. The molecular weight excluding hydrogens is 442 g/mol. The van der Waals surface area contributed by atoms with Crippen molar-refractivity contribution in [1.29, 1.82) is 0 Å². The van der Waals surface area contributed by atoms with Crippen LogP contribution in [0.5, 0.6) is 0 Å². The zero-order valence-electron chi connectivity index (χ0n) is 19.1. The lowest BCUT2D eigenvalue weighted by Crippen LogP contribution is -2.52. The molecular formula is C24H31N3O5S. The number of hydrogen-bond acceptors (Lipinski definition) is 5. The van der Waals surface area contributed by atoms with E-state index in [1.165, 1.54) is 4.31 Å². The molecule has 0 aliphatic carbocycles. The zero-order valence-corrected chi connectivity index (χ0v) is 19.9. The standard InChI is InChI=1S/C24H31N3O5S/c1-3-19(2)21-9-11-22(12-10-21)33(30,31)27-15-13-26(14-16-27)23(28)17-25-24(29)32-18-20-7-5-4-6-8-20/h4-12,19H,3,13-18H2,1-2H3,(H,25,29). The number of rotatable bonds is 8. The summed E-state index contributed by atoms with van der Waals surface area (Å²) in [4.78, 5) is 26.1. The third-order valence-corrected chi connectivity index (χ3v) is 7.80. The number of nitrogens with one attached hydrogen (secondary N) is 1. The number of amides is 2. The SMILES string of the molecule is CCC(C)c1ccc(S(=O)(=O)N2CCN(C(=O)CNC(=O)OCc3ccccc3)CC2)cc1. The van der Waals surface area contributed by atoms with E-state index in [1.807, 2.05) is 42.5 Å². The summed E-state index contributed by atoms with van der Waals surface area (Å²) in [5, 5.41) is 2.45. The molecule has 1 aliphatic heterocycles. The second kappa shape index (κ2) is 11.3. The Kier molecular flexibility index (Phi) is 8.46. The lowest BCUT2D eigenvalue weighted by Gasteiger charge is -2.34. The molecule has 178 valence electrons. The average Bonchev–Trinajstić information content (AvgIpc) is 2.86. The topological polar surface area (TPSA) is 96.0 Å². The van der Waals surface area contributed by atoms with Gasteiger partial charge in [-0.15, -0.1) is 0 Å². The molecule has 1 unspecified atom stereocenters. The summed E-state index contributed by atoms with van der Waals surface area (Å²) in [6.45, 7) is 5.08. The third-order valence-electron chi connectivity index (χ3n) is 5.89. The highest BCUT2D eigenvalue weighted by Crippen LogP contribution is 2.23. The Morgan fingerprint density at radius 3 is 2.24 bits per heavy atom. The molecule has 0 spiro atoms. The number of piperazine rings is 1. The van der Waals surface area contributed by atoms with Crippen LogP contribution in [0.2, 0.25) is 0 Å². The van der Waals surface area contributed by atoms with E-state index in [1.54, 1.807) is 17.0 Å². The maximum atomic E-state index is 13.0. The molecule has 2 aromatic carbocycles. The van der Waals surface area contributed by atoms with Crippen LogP contribution >= 0.6 is 0 Å². The Bertz CT molecular complexity index is 1030. The summed E-state index contributed by atoms with van der Waals surface area (Å²) >= 11 is 0. The van der Waals surface area contributed by atoms with Gasteiger partial charge in [0.05, 0.1) is 4.90 Å². The molecule has 1 fully saturated rings. The maximum absolute atomic E-state index is 13.0. The third kappa shape index (κ3) is 6.55. The molecule has 3 rings (SSSR count). The fourth-order valence-electron chi connectivity index (χ4n) is 3.56. The summed E-state index contributed by atoms with van der Waals surface area (Å²) in [6, 6.07) is 16.3. The minimum absolute atomic E-state index is 0.121. The molecule has 1 aliphatic rings. The molecule has 1 N–H and O–H groups in total. The van der Waals surface area contributed by atoms with Crippen molar-refractivity contribution in [3.63, 3.8) is 0 Å². The lowest BCUT2D eigenvalue weighted by molar-refractivity contribution is -0.131. The minimum atomic E-state index is -3.61. The summed E-state index contributed by atoms with van der Waals surface area (Å²) in [5.74, 6) is 0.0992. The van der Waals surface area contributed by atoms with Crippen molar-refractivity contribution in [2.75, 3.05) is 32.7 Å². The van der Waals surface area contributed by atoms with E-state index < -0.39 is 16.1 Å². The first kappa shape index (κ1) is 24.7. The molecule has 33 heavy (non-hydrogen) atoms. The van der Waals surface area contributed by atoms with Gasteiger partial charge in [-0.2, -0.15) is 4.31 Å². The van der Waals surface area contributed by atoms with Gasteiger partial charge in [0.1, 0.15) is 13.2 Å². The molecule has 1 saturated heterocycles. The van der Waals surface area contributed by atoms with Gasteiger partial charge in [-0.05, 0) is 35.6 Å². The first-order valence-corrected chi connectivity index (χ1v) is 12.6. The van der Waals surface area contributed by atoms with Crippen molar-refractivity contribution in [1.82, 2.24) is 14.5 Å². The Labute approximate surface area is 195 Å². The predicted molar refractivity (Wildman–Crippen MR) is 125 cm³/mol. The van der Waals surface area contributed by atoms with Crippen LogP contribution in [0.15, 0.2) is 59.5 Å². The Hall–Kier alpha value is -2.91. The Morgan fingerprint density at radius 1 is 1.00 bits per heavy atom. The van der Waals surface area contributed by atoms with Gasteiger partial charge in [-0.1, -0.05) is 56.3 Å². The van der Waals surface area contributed by atoms with E-state index in [0.29, 0.717) is 5.92 Å². The molecule has 9 heteroatoms. The molecule has 8 nitrogen and oxygen atoms in total. The van der Waals surface area contributed by atoms with Gasteiger partial charge in [0.15, 0.2) is 0 Å². The Morgan fingerprint density at radius 2 is 1.64 bits per heavy atom. The highest BCUT2D eigenvalue weighted by atomic mass is 32.2. The minimum Gasteiger partial charge on any atom is -0.445 e. The first-order valence-electron chi connectivity index (χ1n) is 11.1. The number of ether oxygens (including phenoxy) is 1. The molecule has 0 aromatic heterocycles. The van der Waals surface area contributed by atoms with E-state index in [4.69, 9.17) is 4.74 Å². The molecule has 2 aromatic rings. The van der Waals surface area contributed by atoms with Gasteiger partial charge in [0.25, 0.3) is 0 Å². The van der Waals surface area contributed by atoms with Crippen LogP contribution in [0, 0.1) is 0 Å². The maximum Gasteiger partial charge on any atom is 0.407 e. The predicted octanol–water partition coefficient (Wildman–Crippen LogP) is 2.96. The van der Waals surface area contributed by atoms with Crippen molar-refractivity contribution in [2.45, 2.75) is 37.7 Å².